The maximum Gasteiger partial charge on any atom is 0.253 e. The Hall–Kier alpha value is -3.21. The van der Waals surface area contributed by atoms with Crippen molar-refractivity contribution >= 4 is 18.1 Å². The van der Waals surface area contributed by atoms with E-state index in [0.29, 0.717) is 17.7 Å². The molecular formula is C20H16FN3O. The number of aromatic nitrogens is 2. The summed E-state index contributed by atoms with van der Waals surface area (Å²) in [6, 6.07) is 12.3. The minimum Gasteiger partial charge on any atom is -0.358 e. The normalized spacial score (nSPS) is 13.7. The fourth-order valence-electron chi connectivity index (χ4n) is 2.94. The molecular weight excluding hydrogens is 317 g/mol. The van der Waals surface area contributed by atoms with Crippen molar-refractivity contribution in [1.82, 2.24) is 15.3 Å². The van der Waals surface area contributed by atoms with Crippen molar-refractivity contribution < 1.29 is 9.18 Å². The van der Waals surface area contributed by atoms with E-state index in [9.17, 15) is 9.18 Å². The van der Waals surface area contributed by atoms with Crippen LogP contribution in [0.4, 0.5) is 4.39 Å². The molecule has 2 N–H and O–H groups in total. The molecule has 1 aliphatic heterocycles. The van der Waals surface area contributed by atoms with E-state index in [1.165, 1.54) is 6.07 Å². The lowest BCUT2D eigenvalue weighted by Gasteiger charge is -2.10. The Morgan fingerprint density at radius 2 is 2.00 bits per heavy atom. The Labute approximate surface area is 144 Å². The fourth-order valence-corrected chi connectivity index (χ4v) is 2.94. The van der Waals surface area contributed by atoms with Crippen molar-refractivity contribution in [3.63, 3.8) is 0 Å². The second kappa shape index (κ2) is 6.36. The van der Waals surface area contributed by atoms with Gasteiger partial charge in [-0.25, -0.2) is 4.39 Å². The first-order chi connectivity index (χ1) is 12.2. The molecule has 3 heterocycles. The van der Waals surface area contributed by atoms with Crippen LogP contribution in [0.25, 0.3) is 23.4 Å². The van der Waals surface area contributed by atoms with Gasteiger partial charge in [0.05, 0.1) is 11.3 Å². The van der Waals surface area contributed by atoms with Crippen LogP contribution in [0.15, 0.2) is 48.7 Å². The highest BCUT2D eigenvalue weighted by molar-refractivity contribution is 5.97. The van der Waals surface area contributed by atoms with Crippen LogP contribution < -0.4 is 5.32 Å². The summed E-state index contributed by atoms with van der Waals surface area (Å²) in [5.41, 5.74) is 4.70. The standard InChI is InChI=1S/C20H16FN3O/c21-17-4-2-1-3-13(17)5-6-15-11-14(7-9-22-15)19-12-16-18(24-19)8-10-23-20(16)25/h1-7,9,11-12,24H,8,10H2,(H,23,25)/b6-5+. The lowest BCUT2D eigenvalue weighted by atomic mass is 10.1. The molecule has 5 heteroatoms. The van der Waals surface area contributed by atoms with E-state index >= 15 is 0 Å². The van der Waals surface area contributed by atoms with Gasteiger partial charge in [0.2, 0.25) is 0 Å². The molecule has 1 aromatic carbocycles. The quantitative estimate of drug-likeness (QED) is 0.768. The van der Waals surface area contributed by atoms with Crippen LogP contribution in [0.1, 0.15) is 27.3 Å². The molecule has 1 amide bonds. The van der Waals surface area contributed by atoms with Gasteiger partial charge in [0.1, 0.15) is 5.82 Å². The number of carbonyl (C=O) groups excluding carboxylic acids is 1. The maximum absolute atomic E-state index is 13.7. The number of nitrogens with zero attached hydrogens (tertiary/aromatic N) is 1. The molecule has 4 nitrogen and oxygen atoms in total. The molecule has 0 saturated carbocycles. The van der Waals surface area contributed by atoms with E-state index < -0.39 is 0 Å². The number of rotatable bonds is 3. The van der Waals surface area contributed by atoms with Gasteiger partial charge in [0.25, 0.3) is 5.91 Å². The Kier molecular flexibility index (Phi) is 3.90. The van der Waals surface area contributed by atoms with E-state index in [-0.39, 0.29) is 11.7 Å². The average molecular weight is 333 g/mol. The molecule has 0 radical (unpaired) electrons. The van der Waals surface area contributed by atoms with E-state index in [1.54, 1.807) is 36.5 Å². The van der Waals surface area contributed by atoms with Crippen molar-refractivity contribution in [3.05, 3.63) is 77.0 Å². The lowest BCUT2D eigenvalue weighted by molar-refractivity contribution is 0.0946. The summed E-state index contributed by atoms with van der Waals surface area (Å²) >= 11 is 0. The third kappa shape index (κ3) is 3.08. The number of halogens is 1. The van der Waals surface area contributed by atoms with Gasteiger partial charge >= 0.3 is 0 Å². The molecule has 1 aliphatic rings. The van der Waals surface area contributed by atoms with Gasteiger partial charge in [0, 0.05) is 41.7 Å². The smallest absolute Gasteiger partial charge is 0.253 e. The van der Waals surface area contributed by atoms with Crippen LogP contribution in [0.2, 0.25) is 0 Å². The number of benzene rings is 1. The number of amides is 1. The van der Waals surface area contributed by atoms with Crippen LogP contribution in [-0.4, -0.2) is 22.4 Å². The van der Waals surface area contributed by atoms with Crippen molar-refractivity contribution in [1.29, 1.82) is 0 Å². The van der Waals surface area contributed by atoms with Gasteiger partial charge in [-0.3, -0.25) is 9.78 Å². The van der Waals surface area contributed by atoms with Gasteiger partial charge in [-0.15, -0.1) is 0 Å². The highest BCUT2D eigenvalue weighted by Crippen LogP contribution is 2.24. The largest absolute Gasteiger partial charge is 0.358 e. The summed E-state index contributed by atoms with van der Waals surface area (Å²) in [6.07, 6.45) is 5.98. The van der Waals surface area contributed by atoms with Gasteiger partial charge in [-0.2, -0.15) is 0 Å². The zero-order valence-electron chi connectivity index (χ0n) is 13.4. The van der Waals surface area contributed by atoms with Crippen molar-refractivity contribution in [2.75, 3.05) is 6.54 Å². The van der Waals surface area contributed by atoms with Crippen LogP contribution in [0.3, 0.4) is 0 Å². The predicted molar refractivity (Wildman–Crippen MR) is 95.4 cm³/mol. The maximum atomic E-state index is 13.7. The van der Waals surface area contributed by atoms with E-state index in [0.717, 1.165) is 29.1 Å². The van der Waals surface area contributed by atoms with E-state index in [1.807, 2.05) is 18.2 Å². The van der Waals surface area contributed by atoms with Crippen LogP contribution in [0, 0.1) is 5.82 Å². The lowest BCUT2D eigenvalue weighted by Crippen LogP contribution is -2.31. The fraction of sp³-hybridized carbons (Fsp3) is 0.100. The van der Waals surface area contributed by atoms with Gasteiger partial charge in [-0.1, -0.05) is 18.2 Å². The molecule has 0 fully saturated rings. The van der Waals surface area contributed by atoms with Crippen LogP contribution in [0.5, 0.6) is 0 Å². The Morgan fingerprint density at radius 1 is 1.12 bits per heavy atom. The summed E-state index contributed by atoms with van der Waals surface area (Å²) in [5.74, 6) is -0.310. The molecule has 25 heavy (non-hydrogen) atoms. The molecule has 4 rings (SSSR count). The Morgan fingerprint density at radius 3 is 2.84 bits per heavy atom. The second-order valence-corrected chi connectivity index (χ2v) is 5.91. The monoisotopic (exact) mass is 333 g/mol. The first kappa shape index (κ1) is 15.3. The van der Waals surface area contributed by atoms with Gasteiger partial charge in [0.15, 0.2) is 0 Å². The summed E-state index contributed by atoms with van der Waals surface area (Å²) in [5, 5.41) is 2.84. The van der Waals surface area contributed by atoms with Crippen molar-refractivity contribution in [2.45, 2.75) is 6.42 Å². The zero-order chi connectivity index (χ0) is 17.2. The number of hydrogen-bond acceptors (Lipinski definition) is 2. The Bertz CT molecular complexity index is 975. The molecule has 0 bridgehead atoms. The molecule has 0 aliphatic carbocycles. The zero-order valence-corrected chi connectivity index (χ0v) is 13.4. The summed E-state index contributed by atoms with van der Waals surface area (Å²) in [6.45, 7) is 0.652. The molecule has 0 unspecified atom stereocenters. The topological polar surface area (TPSA) is 57.8 Å². The highest BCUT2D eigenvalue weighted by Gasteiger charge is 2.19. The predicted octanol–water partition coefficient (Wildman–Crippen LogP) is 3.67. The molecule has 2 aromatic heterocycles. The number of carbonyl (C=O) groups is 1. The van der Waals surface area contributed by atoms with Gasteiger partial charge in [-0.05, 0) is 36.4 Å². The van der Waals surface area contributed by atoms with Gasteiger partial charge < -0.3 is 10.3 Å². The molecule has 0 atom stereocenters. The van der Waals surface area contributed by atoms with Crippen molar-refractivity contribution in [3.8, 4) is 11.3 Å². The van der Waals surface area contributed by atoms with E-state index in [2.05, 4.69) is 15.3 Å². The number of fused-ring (bicyclic) bond motifs is 1. The molecule has 124 valence electrons. The highest BCUT2D eigenvalue weighted by atomic mass is 19.1. The number of aromatic amines is 1. The molecule has 3 aromatic rings. The first-order valence-corrected chi connectivity index (χ1v) is 8.10. The Balaban J connectivity index is 1.64. The SMILES string of the molecule is O=C1NCCc2[nH]c(-c3ccnc(/C=C/c4ccccc4F)c3)cc21. The van der Waals surface area contributed by atoms with E-state index in [4.69, 9.17) is 0 Å². The van der Waals surface area contributed by atoms with Crippen LogP contribution >= 0.6 is 0 Å². The first-order valence-electron chi connectivity index (χ1n) is 8.10. The third-order valence-corrected chi connectivity index (χ3v) is 4.24. The second-order valence-electron chi connectivity index (χ2n) is 5.91. The minimum absolute atomic E-state index is 0.0440. The van der Waals surface area contributed by atoms with Crippen molar-refractivity contribution in [2.24, 2.45) is 0 Å². The number of nitrogens with one attached hydrogen (secondary N) is 2. The summed E-state index contributed by atoms with van der Waals surface area (Å²) < 4.78 is 13.7. The minimum atomic E-state index is -0.266. The summed E-state index contributed by atoms with van der Waals surface area (Å²) in [7, 11) is 0. The van der Waals surface area contributed by atoms with Crippen LogP contribution in [-0.2, 0) is 6.42 Å². The number of H-pyrrole nitrogens is 1. The number of hydrogen-bond donors (Lipinski definition) is 2. The summed E-state index contributed by atoms with van der Waals surface area (Å²) in [4.78, 5) is 19.5. The third-order valence-electron chi connectivity index (χ3n) is 4.24. The molecule has 0 saturated heterocycles. The number of pyridine rings is 1. The molecule has 0 spiro atoms. The average Bonchev–Trinajstić information content (AvgIpc) is 3.07.